The van der Waals surface area contributed by atoms with Crippen LogP contribution in [0.5, 0.6) is 0 Å². The molecule has 0 radical (unpaired) electrons. The van der Waals surface area contributed by atoms with E-state index in [1.54, 1.807) is 11.4 Å². The molecule has 0 bridgehead atoms. The lowest BCUT2D eigenvalue weighted by Crippen LogP contribution is -1.91. The molecule has 0 aliphatic heterocycles. The van der Waals surface area contributed by atoms with Crippen molar-refractivity contribution in [3.63, 3.8) is 0 Å². The van der Waals surface area contributed by atoms with Gasteiger partial charge in [-0.1, -0.05) is 23.2 Å². The number of aromatic nitrogens is 2. The monoisotopic (exact) mass is 337 g/mol. The predicted octanol–water partition coefficient (Wildman–Crippen LogP) is 5.24. The highest BCUT2D eigenvalue weighted by atomic mass is 35.5. The second kappa shape index (κ2) is 5.54. The summed E-state index contributed by atoms with van der Waals surface area (Å²) in [5, 5.41) is 5.24. The Morgan fingerprint density at radius 3 is 2.79 bits per heavy atom. The highest BCUT2D eigenvalue weighted by molar-refractivity contribution is 7.15. The van der Waals surface area contributed by atoms with Crippen LogP contribution in [-0.2, 0) is 0 Å². The minimum atomic E-state index is -0.315. The van der Waals surface area contributed by atoms with Gasteiger partial charge in [-0.25, -0.2) is 9.37 Å². The Morgan fingerprint density at radius 1 is 1.32 bits per heavy atom. The maximum atomic E-state index is 13.0. The van der Waals surface area contributed by atoms with E-state index in [1.807, 2.05) is 0 Å². The Morgan fingerprint density at radius 2 is 2.11 bits per heavy atom. The number of rotatable bonds is 2. The molecule has 8 heteroatoms. The smallest absolute Gasteiger partial charge is 0.205 e. The number of benzene rings is 1. The molecule has 0 spiro atoms. The number of fused-ring (bicyclic) bond motifs is 1. The highest BCUT2D eigenvalue weighted by Gasteiger charge is 2.11. The van der Waals surface area contributed by atoms with Crippen LogP contribution >= 0.6 is 46.9 Å². The lowest BCUT2D eigenvalue weighted by molar-refractivity contribution is 0.629. The van der Waals surface area contributed by atoms with Crippen molar-refractivity contribution in [1.82, 2.24) is 9.97 Å². The summed E-state index contributed by atoms with van der Waals surface area (Å²) in [5.74, 6) is 0.155. The van der Waals surface area contributed by atoms with Crippen LogP contribution in [0.1, 0.15) is 0 Å². The average Bonchev–Trinajstić information content (AvgIpc) is 2.86. The topological polar surface area (TPSA) is 40.7 Å². The lowest BCUT2D eigenvalue weighted by Gasteiger charge is -2.00. The van der Waals surface area contributed by atoms with Crippen molar-refractivity contribution >= 4 is 69.6 Å². The van der Waals surface area contributed by atoms with Gasteiger partial charge < -0.3 is 10.3 Å². The fraction of sp³-hybridized carbons (Fsp3) is 0. The second-order valence-electron chi connectivity index (χ2n) is 3.60. The van der Waals surface area contributed by atoms with Crippen LogP contribution in [0.3, 0.4) is 0 Å². The van der Waals surface area contributed by atoms with Crippen LogP contribution in [0, 0.1) is 5.82 Å². The van der Waals surface area contributed by atoms with Crippen molar-refractivity contribution in [1.29, 1.82) is 0 Å². The Bertz CT molecular complexity index is 706. The van der Waals surface area contributed by atoms with E-state index in [0.29, 0.717) is 32.0 Å². The molecule has 0 aliphatic carbocycles. The van der Waals surface area contributed by atoms with Crippen LogP contribution in [-0.4, -0.2) is 9.97 Å². The van der Waals surface area contributed by atoms with Gasteiger partial charge in [-0.05, 0) is 18.2 Å². The summed E-state index contributed by atoms with van der Waals surface area (Å²) in [7, 11) is 0. The van der Waals surface area contributed by atoms with Crippen LogP contribution in [0.4, 0.5) is 16.0 Å². The first-order chi connectivity index (χ1) is 8.63. The molecule has 0 unspecified atom stereocenters. The van der Waals surface area contributed by atoms with Gasteiger partial charge in [0, 0.05) is 5.38 Å². The molecule has 0 saturated heterocycles. The number of hydrogen-bond acceptors (Lipinski definition) is 3. The number of anilines is 2. The van der Waals surface area contributed by atoms with Crippen molar-refractivity contribution in [2.24, 2.45) is 0 Å². The number of H-pyrrole nitrogens is 1. The fourth-order valence-corrected chi connectivity index (χ4v) is 2.85. The highest BCUT2D eigenvalue weighted by Crippen LogP contribution is 2.37. The van der Waals surface area contributed by atoms with Gasteiger partial charge in [-0.2, -0.15) is 0 Å². The van der Waals surface area contributed by atoms with Gasteiger partial charge in [-0.3, -0.25) is 0 Å². The van der Waals surface area contributed by atoms with Crippen LogP contribution in [0.15, 0.2) is 23.6 Å². The number of aromatic amines is 1. The van der Waals surface area contributed by atoms with Crippen LogP contribution in [0.2, 0.25) is 9.36 Å². The third-order valence-corrected chi connectivity index (χ3v) is 4.04. The maximum absolute atomic E-state index is 13.0. The molecule has 3 aromatic rings. The Labute approximate surface area is 128 Å². The van der Waals surface area contributed by atoms with E-state index in [9.17, 15) is 4.39 Å². The molecule has 0 fully saturated rings. The van der Waals surface area contributed by atoms with Gasteiger partial charge in [0.05, 0.1) is 21.7 Å². The zero-order valence-electron chi connectivity index (χ0n) is 9.21. The molecule has 100 valence electrons. The van der Waals surface area contributed by atoms with Crippen LogP contribution < -0.4 is 5.32 Å². The van der Waals surface area contributed by atoms with Crippen molar-refractivity contribution in [3.8, 4) is 0 Å². The van der Waals surface area contributed by atoms with E-state index < -0.39 is 0 Å². The summed E-state index contributed by atoms with van der Waals surface area (Å²) in [6.07, 6.45) is 0. The van der Waals surface area contributed by atoms with E-state index in [2.05, 4.69) is 15.3 Å². The second-order valence-corrected chi connectivity index (χ2v) is 5.49. The summed E-state index contributed by atoms with van der Waals surface area (Å²) in [6, 6.07) is 4.34. The van der Waals surface area contributed by atoms with Gasteiger partial charge in [-0.15, -0.1) is 23.7 Å². The third kappa shape index (κ3) is 2.79. The lowest BCUT2D eigenvalue weighted by atomic mass is 10.3. The molecular formula is C11H7Cl3FN3S. The molecule has 0 aliphatic rings. The largest absolute Gasteiger partial charge is 0.324 e. The third-order valence-electron chi connectivity index (χ3n) is 2.39. The van der Waals surface area contributed by atoms with Crippen molar-refractivity contribution in [2.45, 2.75) is 0 Å². The normalized spacial score (nSPS) is 10.5. The van der Waals surface area contributed by atoms with E-state index in [4.69, 9.17) is 23.2 Å². The van der Waals surface area contributed by atoms with E-state index in [1.165, 1.54) is 23.5 Å². The quantitative estimate of drug-likeness (QED) is 0.671. The molecule has 0 saturated carbocycles. The van der Waals surface area contributed by atoms with Gasteiger partial charge in [0.15, 0.2) is 0 Å². The molecule has 19 heavy (non-hydrogen) atoms. The van der Waals surface area contributed by atoms with Gasteiger partial charge >= 0.3 is 0 Å². The first-order valence-corrected chi connectivity index (χ1v) is 6.62. The summed E-state index contributed by atoms with van der Waals surface area (Å²) in [5.41, 5.74) is 1.88. The molecule has 2 aromatic heterocycles. The molecule has 2 N–H and O–H groups in total. The average molecular weight is 339 g/mol. The zero-order chi connectivity index (χ0) is 12.7. The van der Waals surface area contributed by atoms with Crippen molar-refractivity contribution in [2.75, 3.05) is 5.32 Å². The molecule has 0 atom stereocenters. The molecule has 1 aromatic carbocycles. The molecule has 0 amide bonds. The number of nitrogens with one attached hydrogen (secondary N) is 2. The Balaban J connectivity index is 0.00000133. The summed E-state index contributed by atoms with van der Waals surface area (Å²) >= 11 is 13.3. The van der Waals surface area contributed by atoms with Gasteiger partial charge in [0.1, 0.15) is 10.2 Å². The minimum Gasteiger partial charge on any atom is -0.324 e. The summed E-state index contributed by atoms with van der Waals surface area (Å²) in [4.78, 5) is 7.22. The Hall–Kier alpha value is -1.01. The molecular weight excluding hydrogens is 332 g/mol. The summed E-state index contributed by atoms with van der Waals surface area (Å²) < 4.78 is 13.6. The number of thiophene rings is 1. The number of hydrogen-bond donors (Lipinski definition) is 2. The SMILES string of the molecule is Cl.Fc1ccc2nc(Nc3c(Cl)csc3Cl)[nH]c2c1. The molecule has 2 heterocycles. The first-order valence-electron chi connectivity index (χ1n) is 4.98. The van der Waals surface area contributed by atoms with Crippen LogP contribution in [0.25, 0.3) is 11.0 Å². The fourth-order valence-electron chi connectivity index (χ4n) is 1.58. The minimum absolute atomic E-state index is 0. The molecule has 3 nitrogen and oxygen atoms in total. The number of imidazole rings is 1. The van der Waals surface area contributed by atoms with E-state index >= 15 is 0 Å². The predicted molar refractivity (Wildman–Crippen MR) is 80.9 cm³/mol. The van der Waals surface area contributed by atoms with Gasteiger partial charge in [0.2, 0.25) is 5.95 Å². The standard InChI is InChI=1S/C11H6Cl2FN3S.ClH/c12-6-4-18-10(13)9(6)17-11-15-7-2-1-5(14)3-8(7)16-11;/h1-4H,(H2,15,16,17);1H. The number of nitrogens with zero attached hydrogens (tertiary/aromatic N) is 1. The Kier molecular flexibility index (Phi) is 4.20. The van der Waals surface area contributed by atoms with E-state index in [0.717, 1.165) is 0 Å². The van der Waals surface area contributed by atoms with Crippen molar-refractivity contribution in [3.05, 3.63) is 38.8 Å². The first kappa shape index (κ1) is 14.4. The van der Waals surface area contributed by atoms with Gasteiger partial charge in [0.25, 0.3) is 0 Å². The van der Waals surface area contributed by atoms with E-state index in [-0.39, 0.29) is 18.2 Å². The molecule has 3 rings (SSSR count). The zero-order valence-corrected chi connectivity index (χ0v) is 12.4. The maximum Gasteiger partial charge on any atom is 0.205 e. The van der Waals surface area contributed by atoms with Crippen molar-refractivity contribution < 1.29 is 4.39 Å². The summed E-state index contributed by atoms with van der Waals surface area (Å²) in [6.45, 7) is 0. The number of halogens is 4.